The van der Waals surface area contributed by atoms with Gasteiger partial charge in [0.1, 0.15) is 0 Å². The number of hydrogen-bond donors (Lipinski definition) is 2. The monoisotopic (exact) mass is 308 g/mol. The number of amides is 2. The van der Waals surface area contributed by atoms with Crippen LogP contribution in [0.25, 0.3) is 0 Å². The Hall–Kier alpha value is -2.55. The van der Waals surface area contributed by atoms with E-state index < -0.39 is 0 Å². The molecular formula is C20H24N2O. The molecule has 2 N–H and O–H groups in total. The highest BCUT2D eigenvalue weighted by Gasteiger charge is 2.31. The largest absolute Gasteiger partial charge is 0.331 e. The molecule has 2 amide bonds. The number of para-hydroxylation sites is 1. The van der Waals surface area contributed by atoms with Crippen LogP contribution in [-0.2, 0) is 0 Å². The third-order valence-corrected chi connectivity index (χ3v) is 3.89. The molecule has 0 fully saturated rings. The number of allylic oxidation sites excluding steroid dienone is 1. The number of rotatable bonds is 6. The zero-order valence-corrected chi connectivity index (χ0v) is 13.8. The topological polar surface area (TPSA) is 41.1 Å². The Morgan fingerprint density at radius 2 is 1.65 bits per heavy atom. The van der Waals surface area contributed by atoms with E-state index >= 15 is 0 Å². The second-order valence-electron chi connectivity index (χ2n) is 6.29. The molecule has 0 aromatic heterocycles. The van der Waals surface area contributed by atoms with Gasteiger partial charge in [-0.3, -0.25) is 0 Å². The molecule has 120 valence electrons. The average Bonchev–Trinajstić information content (AvgIpc) is 2.54. The van der Waals surface area contributed by atoms with Crippen molar-refractivity contribution in [3.63, 3.8) is 0 Å². The highest BCUT2D eigenvalue weighted by molar-refractivity contribution is 5.89. The van der Waals surface area contributed by atoms with Crippen molar-refractivity contribution in [2.75, 3.05) is 5.32 Å². The Balaban J connectivity index is 2.17. The molecule has 0 aliphatic carbocycles. The Morgan fingerprint density at radius 1 is 1.09 bits per heavy atom. The highest BCUT2D eigenvalue weighted by atomic mass is 16.2. The van der Waals surface area contributed by atoms with Gasteiger partial charge in [-0.1, -0.05) is 68.5 Å². The molecule has 1 unspecified atom stereocenters. The summed E-state index contributed by atoms with van der Waals surface area (Å²) in [6.45, 7) is 8.11. The first kappa shape index (κ1) is 16.8. The van der Waals surface area contributed by atoms with Crippen LogP contribution < -0.4 is 10.6 Å². The number of urea groups is 1. The summed E-state index contributed by atoms with van der Waals surface area (Å²) >= 11 is 0. The number of hydrogen-bond acceptors (Lipinski definition) is 1. The molecular weight excluding hydrogens is 284 g/mol. The second-order valence-corrected chi connectivity index (χ2v) is 6.29. The van der Waals surface area contributed by atoms with Crippen LogP contribution in [0.4, 0.5) is 10.5 Å². The third-order valence-electron chi connectivity index (χ3n) is 3.89. The molecule has 2 aromatic rings. The molecule has 0 radical (unpaired) electrons. The van der Waals surface area contributed by atoms with Crippen molar-refractivity contribution in [3.05, 3.63) is 78.9 Å². The minimum absolute atomic E-state index is 0.106. The van der Waals surface area contributed by atoms with Gasteiger partial charge < -0.3 is 10.6 Å². The number of anilines is 1. The lowest BCUT2D eigenvalue weighted by atomic mass is 9.78. The van der Waals surface area contributed by atoms with Gasteiger partial charge in [-0.25, -0.2) is 4.79 Å². The van der Waals surface area contributed by atoms with Gasteiger partial charge in [-0.2, -0.15) is 0 Å². The van der Waals surface area contributed by atoms with Crippen molar-refractivity contribution in [2.24, 2.45) is 5.41 Å². The molecule has 3 heteroatoms. The van der Waals surface area contributed by atoms with Crippen LogP contribution in [0.2, 0.25) is 0 Å². The number of carbonyl (C=O) groups is 1. The maximum atomic E-state index is 12.4. The van der Waals surface area contributed by atoms with E-state index in [9.17, 15) is 4.79 Å². The fraction of sp³-hybridized carbons (Fsp3) is 0.250. The van der Waals surface area contributed by atoms with E-state index in [-0.39, 0.29) is 17.5 Å². The Morgan fingerprint density at radius 3 is 2.22 bits per heavy atom. The first-order chi connectivity index (χ1) is 11.0. The maximum absolute atomic E-state index is 12.4. The average molecular weight is 308 g/mol. The van der Waals surface area contributed by atoms with Crippen molar-refractivity contribution >= 4 is 11.7 Å². The summed E-state index contributed by atoms with van der Waals surface area (Å²) in [5.41, 5.74) is 1.72. The van der Waals surface area contributed by atoms with Gasteiger partial charge in [0.2, 0.25) is 0 Å². The number of nitrogens with one attached hydrogen (secondary N) is 2. The molecule has 0 heterocycles. The van der Waals surface area contributed by atoms with Gasteiger partial charge in [-0.15, -0.1) is 6.58 Å². The van der Waals surface area contributed by atoms with Gasteiger partial charge in [-0.05, 0) is 29.5 Å². The van der Waals surface area contributed by atoms with Crippen molar-refractivity contribution in [3.8, 4) is 0 Å². The van der Waals surface area contributed by atoms with Gasteiger partial charge >= 0.3 is 6.03 Å². The van der Waals surface area contributed by atoms with E-state index in [1.54, 1.807) is 0 Å². The predicted molar refractivity (Wildman–Crippen MR) is 96.4 cm³/mol. The predicted octanol–water partition coefficient (Wildman–Crippen LogP) is 5.15. The second kappa shape index (κ2) is 7.63. The number of benzene rings is 2. The summed E-state index contributed by atoms with van der Waals surface area (Å²) in [4.78, 5) is 12.4. The molecule has 3 nitrogen and oxygen atoms in total. The summed E-state index contributed by atoms with van der Waals surface area (Å²) < 4.78 is 0. The van der Waals surface area contributed by atoms with Crippen LogP contribution in [0.15, 0.2) is 73.3 Å². The van der Waals surface area contributed by atoms with E-state index in [0.717, 1.165) is 17.7 Å². The standard InChI is InChI=1S/C20H24N2O/c1-4-15-20(2,3)18(16-11-7-5-8-12-16)22-19(23)21-17-13-9-6-10-14-17/h4-14,18H,1,15H2,2-3H3,(H2,21,22,23). The maximum Gasteiger partial charge on any atom is 0.319 e. The fourth-order valence-corrected chi connectivity index (χ4v) is 2.68. The zero-order valence-electron chi connectivity index (χ0n) is 13.8. The van der Waals surface area contributed by atoms with E-state index in [4.69, 9.17) is 0 Å². The molecule has 1 atom stereocenters. The van der Waals surface area contributed by atoms with E-state index in [2.05, 4.69) is 31.1 Å². The quantitative estimate of drug-likeness (QED) is 0.712. The Kier molecular flexibility index (Phi) is 5.58. The van der Waals surface area contributed by atoms with Crippen molar-refractivity contribution in [1.29, 1.82) is 0 Å². The first-order valence-electron chi connectivity index (χ1n) is 7.81. The van der Waals surface area contributed by atoms with Crippen LogP contribution in [-0.4, -0.2) is 6.03 Å². The molecule has 2 aromatic carbocycles. The molecule has 2 rings (SSSR count). The van der Waals surface area contributed by atoms with Crippen molar-refractivity contribution in [2.45, 2.75) is 26.3 Å². The first-order valence-corrected chi connectivity index (χ1v) is 7.81. The van der Waals surface area contributed by atoms with Gasteiger partial charge in [0.25, 0.3) is 0 Å². The normalized spacial score (nSPS) is 12.3. The summed E-state index contributed by atoms with van der Waals surface area (Å²) in [6, 6.07) is 19.2. The number of carbonyl (C=O) groups excluding carboxylic acids is 1. The van der Waals surface area contributed by atoms with Crippen molar-refractivity contribution < 1.29 is 4.79 Å². The van der Waals surface area contributed by atoms with Gasteiger partial charge in [0, 0.05) is 5.69 Å². The lowest BCUT2D eigenvalue weighted by Gasteiger charge is -2.34. The van der Waals surface area contributed by atoms with Crippen LogP contribution in [0.3, 0.4) is 0 Å². The van der Waals surface area contributed by atoms with E-state index in [1.165, 1.54) is 0 Å². The van der Waals surface area contributed by atoms with Crippen LogP contribution >= 0.6 is 0 Å². The summed E-state index contributed by atoms with van der Waals surface area (Å²) in [7, 11) is 0. The lowest BCUT2D eigenvalue weighted by molar-refractivity contribution is 0.221. The van der Waals surface area contributed by atoms with Crippen molar-refractivity contribution in [1.82, 2.24) is 5.32 Å². The van der Waals surface area contributed by atoms with Crippen LogP contribution in [0.5, 0.6) is 0 Å². The molecule has 0 aliphatic rings. The highest BCUT2D eigenvalue weighted by Crippen LogP contribution is 2.36. The zero-order chi connectivity index (χ0) is 16.7. The summed E-state index contributed by atoms with van der Waals surface area (Å²) in [6.07, 6.45) is 2.70. The van der Waals surface area contributed by atoms with Gasteiger partial charge in [0.05, 0.1) is 6.04 Å². The molecule has 0 bridgehead atoms. The molecule has 23 heavy (non-hydrogen) atoms. The van der Waals surface area contributed by atoms with Crippen LogP contribution in [0.1, 0.15) is 31.9 Å². The minimum Gasteiger partial charge on any atom is -0.331 e. The summed E-state index contributed by atoms with van der Waals surface area (Å²) in [5, 5.41) is 5.99. The van der Waals surface area contributed by atoms with Crippen LogP contribution in [0, 0.1) is 5.41 Å². The molecule has 0 saturated heterocycles. The molecule has 0 spiro atoms. The Bertz CT molecular complexity index is 635. The smallest absolute Gasteiger partial charge is 0.319 e. The fourth-order valence-electron chi connectivity index (χ4n) is 2.68. The Labute approximate surface area is 138 Å². The lowest BCUT2D eigenvalue weighted by Crippen LogP contribution is -2.40. The van der Waals surface area contributed by atoms with E-state index in [0.29, 0.717) is 0 Å². The third kappa shape index (κ3) is 4.71. The molecule has 0 aliphatic heterocycles. The van der Waals surface area contributed by atoms with E-state index in [1.807, 2.05) is 66.7 Å². The molecule has 0 saturated carbocycles. The van der Waals surface area contributed by atoms with Gasteiger partial charge in [0.15, 0.2) is 0 Å². The SMILES string of the molecule is C=CCC(C)(C)C(NC(=O)Nc1ccccc1)c1ccccc1. The summed E-state index contributed by atoms with van der Waals surface area (Å²) in [5.74, 6) is 0. The minimum atomic E-state index is -0.206.